The summed E-state index contributed by atoms with van der Waals surface area (Å²) in [5.74, 6) is 0. The Kier molecular flexibility index (Phi) is 2.06. The topological polar surface area (TPSA) is 77.9 Å². The van der Waals surface area contributed by atoms with Gasteiger partial charge in [0.25, 0.3) is 0 Å². The molecule has 0 spiro atoms. The molecule has 5 heteroatoms. The molecule has 1 heterocycles. The first-order valence-electron chi connectivity index (χ1n) is 5.78. The fourth-order valence-corrected chi connectivity index (χ4v) is 2.14. The third-order valence-corrected chi connectivity index (χ3v) is 3.38. The number of nitrogens with two attached hydrogens (primary N) is 1. The van der Waals surface area contributed by atoms with E-state index >= 15 is 0 Å². The lowest BCUT2D eigenvalue weighted by molar-refractivity contribution is 0.661. The van der Waals surface area contributed by atoms with Gasteiger partial charge in [-0.15, -0.1) is 0 Å². The minimum absolute atomic E-state index is 0.00470. The molecular weight excluding hydrogens is 216 g/mol. The van der Waals surface area contributed by atoms with Gasteiger partial charge in [-0.1, -0.05) is 0 Å². The average Bonchev–Trinajstić information content (AvgIpc) is 2.87. The van der Waals surface area contributed by atoms with Gasteiger partial charge in [-0.3, -0.25) is 0 Å². The molecule has 0 atom stereocenters. The zero-order valence-electron chi connectivity index (χ0n) is 9.79. The van der Waals surface area contributed by atoms with Crippen LogP contribution in [-0.4, -0.2) is 29.1 Å². The molecule has 0 aliphatic heterocycles. The largest absolute Gasteiger partial charge is 0.373 e. The molecule has 90 valence electrons. The van der Waals surface area contributed by atoms with Crippen LogP contribution in [0, 0.1) is 0 Å². The molecule has 1 saturated carbocycles. The Balaban J connectivity index is 1.91. The number of rotatable bonds is 3. The first kappa shape index (κ1) is 10.4. The zero-order chi connectivity index (χ0) is 12.0. The molecule has 2 aromatic rings. The second-order valence-electron chi connectivity index (χ2n) is 5.03. The number of hydrogen-bond donors (Lipinski definition) is 3. The summed E-state index contributed by atoms with van der Waals surface area (Å²) in [5.41, 5.74) is 8.66. The van der Waals surface area contributed by atoms with E-state index in [2.05, 4.69) is 14.9 Å². The van der Waals surface area contributed by atoms with E-state index in [9.17, 15) is 4.79 Å². The number of hydrogen-bond acceptors (Lipinski definition) is 3. The van der Waals surface area contributed by atoms with E-state index < -0.39 is 0 Å². The number of nitrogens with zero attached hydrogens (tertiary/aromatic N) is 1. The third kappa shape index (κ3) is 1.93. The average molecular weight is 232 g/mol. The Labute approximate surface area is 98.6 Å². The SMILES string of the molecule is CN(CC1(N)CC1)c1ccc2[nH]c(=O)[nH]c2c1. The van der Waals surface area contributed by atoms with Crippen molar-refractivity contribution in [3.63, 3.8) is 0 Å². The van der Waals surface area contributed by atoms with Gasteiger partial charge in [0.15, 0.2) is 0 Å². The van der Waals surface area contributed by atoms with Crippen molar-refractivity contribution in [2.45, 2.75) is 18.4 Å². The fraction of sp³-hybridized carbons (Fsp3) is 0.417. The van der Waals surface area contributed by atoms with Crippen molar-refractivity contribution in [3.8, 4) is 0 Å². The van der Waals surface area contributed by atoms with Crippen LogP contribution in [0.25, 0.3) is 11.0 Å². The van der Waals surface area contributed by atoms with Crippen LogP contribution in [0.3, 0.4) is 0 Å². The second-order valence-corrected chi connectivity index (χ2v) is 5.03. The van der Waals surface area contributed by atoms with Crippen molar-refractivity contribution in [1.29, 1.82) is 0 Å². The number of anilines is 1. The number of H-pyrrole nitrogens is 2. The Morgan fingerprint density at radius 2 is 2.06 bits per heavy atom. The van der Waals surface area contributed by atoms with Crippen LogP contribution in [0.5, 0.6) is 0 Å². The lowest BCUT2D eigenvalue weighted by Crippen LogP contribution is -2.37. The highest BCUT2D eigenvalue weighted by molar-refractivity contribution is 5.79. The quantitative estimate of drug-likeness (QED) is 0.732. The van der Waals surface area contributed by atoms with Crippen LogP contribution in [0.4, 0.5) is 5.69 Å². The molecule has 0 saturated heterocycles. The van der Waals surface area contributed by atoms with Gasteiger partial charge in [0, 0.05) is 24.8 Å². The maximum Gasteiger partial charge on any atom is 0.323 e. The predicted octanol–water partition coefficient (Wildman–Crippen LogP) is 0.784. The third-order valence-electron chi connectivity index (χ3n) is 3.38. The number of aromatic amines is 2. The maximum absolute atomic E-state index is 11.2. The maximum atomic E-state index is 11.2. The standard InChI is InChI=1S/C12H16N4O/c1-16(7-12(13)4-5-12)8-2-3-9-10(6-8)15-11(17)14-9/h2-3,6H,4-5,7,13H2,1H3,(H2,14,15,17). The van der Waals surface area contributed by atoms with E-state index in [-0.39, 0.29) is 11.2 Å². The Morgan fingerprint density at radius 3 is 2.76 bits per heavy atom. The first-order valence-corrected chi connectivity index (χ1v) is 5.78. The summed E-state index contributed by atoms with van der Waals surface area (Å²) in [7, 11) is 2.03. The normalized spacial score (nSPS) is 17.3. The first-order chi connectivity index (χ1) is 8.06. The predicted molar refractivity (Wildman–Crippen MR) is 68.3 cm³/mol. The molecule has 1 aromatic carbocycles. The molecule has 1 aliphatic rings. The van der Waals surface area contributed by atoms with Gasteiger partial charge in [0.1, 0.15) is 0 Å². The summed E-state index contributed by atoms with van der Waals surface area (Å²) in [5, 5.41) is 0. The van der Waals surface area contributed by atoms with E-state index in [1.807, 2.05) is 25.2 Å². The zero-order valence-corrected chi connectivity index (χ0v) is 9.79. The highest BCUT2D eigenvalue weighted by atomic mass is 16.1. The fourth-order valence-electron chi connectivity index (χ4n) is 2.14. The molecule has 1 aromatic heterocycles. The van der Waals surface area contributed by atoms with Gasteiger partial charge in [0.2, 0.25) is 0 Å². The molecular formula is C12H16N4O. The molecule has 4 N–H and O–H groups in total. The lowest BCUT2D eigenvalue weighted by Gasteiger charge is -2.23. The van der Waals surface area contributed by atoms with Gasteiger partial charge >= 0.3 is 5.69 Å². The number of fused-ring (bicyclic) bond motifs is 1. The van der Waals surface area contributed by atoms with Crippen molar-refractivity contribution in [2.75, 3.05) is 18.5 Å². The molecule has 1 aliphatic carbocycles. The minimum Gasteiger partial charge on any atom is -0.373 e. The van der Waals surface area contributed by atoms with Crippen LogP contribution in [-0.2, 0) is 0 Å². The van der Waals surface area contributed by atoms with Crippen molar-refractivity contribution >= 4 is 16.7 Å². The molecule has 0 unspecified atom stereocenters. The number of nitrogens with one attached hydrogen (secondary N) is 2. The van der Waals surface area contributed by atoms with Gasteiger partial charge in [-0.25, -0.2) is 4.79 Å². The summed E-state index contributed by atoms with van der Waals surface area (Å²) in [6, 6.07) is 5.88. The molecule has 17 heavy (non-hydrogen) atoms. The Hall–Kier alpha value is -1.75. The van der Waals surface area contributed by atoms with Gasteiger partial charge in [-0.2, -0.15) is 0 Å². The molecule has 0 bridgehead atoms. The van der Waals surface area contributed by atoms with Crippen LogP contribution in [0.2, 0.25) is 0 Å². The molecule has 1 fully saturated rings. The Morgan fingerprint density at radius 1 is 1.35 bits per heavy atom. The smallest absolute Gasteiger partial charge is 0.323 e. The highest BCUT2D eigenvalue weighted by Gasteiger charge is 2.39. The van der Waals surface area contributed by atoms with Gasteiger partial charge in [-0.05, 0) is 31.0 Å². The van der Waals surface area contributed by atoms with Crippen LogP contribution >= 0.6 is 0 Å². The van der Waals surface area contributed by atoms with E-state index in [1.54, 1.807) is 0 Å². The van der Waals surface area contributed by atoms with Gasteiger partial charge < -0.3 is 20.6 Å². The number of likely N-dealkylation sites (N-methyl/N-ethyl adjacent to an activating group) is 1. The molecule has 0 radical (unpaired) electrons. The number of imidazole rings is 1. The van der Waals surface area contributed by atoms with E-state index in [1.165, 1.54) is 0 Å². The van der Waals surface area contributed by atoms with E-state index in [0.717, 1.165) is 36.1 Å². The van der Waals surface area contributed by atoms with Crippen molar-refractivity contribution in [2.24, 2.45) is 5.73 Å². The van der Waals surface area contributed by atoms with Crippen molar-refractivity contribution in [1.82, 2.24) is 9.97 Å². The minimum atomic E-state index is -0.169. The highest BCUT2D eigenvalue weighted by Crippen LogP contribution is 2.34. The van der Waals surface area contributed by atoms with Crippen LogP contribution < -0.4 is 16.3 Å². The van der Waals surface area contributed by atoms with Crippen molar-refractivity contribution < 1.29 is 0 Å². The summed E-state index contributed by atoms with van der Waals surface area (Å²) >= 11 is 0. The summed E-state index contributed by atoms with van der Waals surface area (Å²) in [6.07, 6.45) is 2.20. The van der Waals surface area contributed by atoms with Crippen LogP contribution in [0.1, 0.15) is 12.8 Å². The second kappa shape index (κ2) is 3.37. The molecule has 0 amide bonds. The number of aromatic nitrogens is 2. The molecule has 5 nitrogen and oxygen atoms in total. The van der Waals surface area contributed by atoms with E-state index in [0.29, 0.717) is 0 Å². The molecule has 3 rings (SSSR count). The Bertz CT molecular complexity index is 608. The lowest BCUT2D eigenvalue weighted by atomic mass is 10.2. The summed E-state index contributed by atoms with van der Waals surface area (Å²) < 4.78 is 0. The number of benzene rings is 1. The monoisotopic (exact) mass is 232 g/mol. The van der Waals surface area contributed by atoms with Gasteiger partial charge in [0.05, 0.1) is 11.0 Å². The van der Waals surface area contributed by atoms with Crippen LogP contribution in [0.15, 0.2) is 23.0 Å². The summed E-state index contributed by atoms with van der Waals surface area (Å²) in [6.45, 7) is 0.854. The van der Waals surface area contributed by atoms with E-state index in [4.69, 9.17) is 5.73 Å². The summed E-state index contributed by atoms with van der Waals surface area (Å²) in [4.78, 5) is 18.8. The van der Waals surface area contributed by atoms with Crippen molar-refractivity contribution in [3.05, 3.63) is 28.7 Å².